The summed E-state index contributed by atoms with van der Waals surface area (Å²) in [5.41, 5.74) is 1.90. The van der Waals surface area contributed by atoms with E-state index in [9.17, 15) is 4.79 Å². The molecule has 0 aliphatic rings. The van der Waals surface area contributed by atoms with E-state index in [1.807, 2.05) is 54.1 Å². The molecule has 1 N–H and O–H groups in total. The summed E-state index contributed by atoms with van der Waals surface area (Å²) in [6.07, 6.45) is 5.71. The van der Waals surface area contributed by atoms with E-state index < -0.39 is 0 Å². The van der Waals surface area contributed by atoms with Crippen LogP contribution in [0.2, 0.25) is 0 Å². The molecule has 0 saturated carbocycles. The fourth-order valence-corrected chi connectivity index (χ4v) is 2.48. The van der Waals surface area contributed by atoms with Crippen molar-refractivity contribution in [3.8, 4) is 11.6 Å². The van der Waals surface area contributed by atoms with Gasteiger partial charge in [0.05, 0.1) is 13.5 Å². The van der Waals surface area contributed by atoms with E-state index in [-0.39, 0.29) is 5.91 Å². The molecule has 0 fully saturated rings. The highest BCUT2D eigenvalue weighted by molar-refractivity contribution is 5.78. The maximum atomic E-state index is 12.1. The Labute approximate surface area is 146 Å². The predicted octanol–water partition coefficient (Wildman–Crippen LogP) is 2.44. The number of imidazole rings is 1. The smallest absolute Gasteiger partial charge is 0.224 e. The molecule has 3 aromatic rings. The quantitative estimate of drug-likeness (QED) is 0.751. The second kappa shape index (κ2) is 7.61. The Morgan fingerprint density at radius 2 is 1.88 bits per heavy atom. The molecule has 2 heterocycles. The van der Waals surface area contributed by atoms with Gasteiger partial charge in [0.25, 0.3) is 0 Å². The Morgan fingerprint density at radius 3 is 2.48 bits per heavy atom. The summed E-state index contributed by atoms with van der Waals surface area (Å²) < 4.78 is 7.02. The highest BCUT2D eigenvalue weighted by atomic mass is 16.5. The highest BCUT2D eigenvalue weighted by Gasteiger charge is 2.05. The minimum absolute atomic E-state index is 0.0281. The standard InChI is InChI=1S/C19H20N4O2/c1-14-20-9-10-23(14)18-8-5-16(12-21-18)13-22-19(24)11-15-3-6-17(25-2)7-4-15/h3-10,12H,11,13H2,1-2H3,(H,22,24). The molecule has 1 amide bonds. The van der Waals surface area contributed by atoms with Crippen molar-refractivity contribution < 1.29 is 9.53 Å². The van der Waals surface area contributed by atoms with Crippen molar-refractivity contribution in [2.45, 2.75) is 19.9 Å². The van der Waals surface area contributed by atoms with Crippen LogP contribution >= 0.6 is 0 Å². The Balaban J connectivity index is 1.54. The maximum Gasteiger partial charge on any atom is 0.224 e. The number of carbonyl (C=O) groups excluding carboxylic acids is 1. The first kappa shape index (κ1) is 16.7. The Morgan fingerprint density at radius 1 is 1.12 bits per heavy atom. The SMILES string of the molecule is COc1ccc(CC(=O)NCc2ccc(-n3ccnc3C)nc2)cc1. The molecule has 0 saturated heterocycles. The lowest BCUT2D eigenvalue weighted by Gasteiger charge is -2.08. The summed E-state index contributed by atoms with van der Waals surface area (Å²) in [6.45, 7) is 2.38. The molecule has 0 aliphatic carbocycles. The van der Waals surface area contributed by atoms with Gasteiger partial charge in [0.2, 0.25) is 5.91 Å². The third kappa shape index (κ3) is 4.23. The number of nitrogens with one attached hydrogen (secondary N) is 1. The molecule has 128 valence electrons. The molecule has 0 spiro atoms. The fraction of sp³-hybridized carbons (Fsp3) is 0.211. The largest absolute Gasteiger partial charge is 0.497 e. The van der Waals surface area contributed by atoms with Crippen molar-refractivity contribution in [3.05, 3.63) is 71.9 Å². The Hall–Kier alpha value is -3.15. The van der Waals surface area contributed by atoms with Gasteiger partial charge < -0.3 is 10.1 Å². The summed E-state index contributed by atoms with van der Waals surface area (Å²) in [6, 6.07) is 11.4. The van der Waals surface area contributed by atoms with Crippen molar-refractivity contribution in [1.29, 1.82) is 0 Å². The average Bonchev–Trinajstić information content (AvgIpc) is 3.07. The molecule has 25 heavy (non-hydrogen) atoms. The van der Waals surface area contributed by atoms with Crippen LogP contribution in [0.4, 0.5) is 0 Å². The molecule has 6 nitrogen and oxygen atoms in total. The van der Waals surface area contributed by atoms with Crippen LogP contribution in [0, 0.1) is 6.92 Å². The number of aryl methyl sites for hydroxylation is 1. The molecular formula is C19H20N4O2. The maximum absolute atomic E-state index is 12.1. The number of amides is 1. The zero-order valence-electron chi connectivity index (χ0n) is 14.3. The number of rotatable bonds is 6. The number of aromatic nitrogens is 3. The van der Waals surface area contributed by atoms with Gasteiger partial charge in [-0.25, -0.2) is 9.97 Å². The summed E-state index contributed by atoms with van der Waals surface area (Å²) >= 11 is 0. The monoisotopic (exact) mass is 336 g/mol. The number of ether oxygens (including phenoxy) is 1. The van der Waals surface area contributed by atoms with Crippen molar-refractivity contribution in [2.75, 3.05) is 7.11 Å². The van der Waals surface area contributed by atoms with E-state index in [4.69, 9.17) is 4.74 Å². The summed E-state index contributed by atoms with van der Waals surface area (Å²) in [5.74, 6) is 2.44. The van der Waals surface area contributed by atoms with E-state index in [1.165, 1.54) is 0 Å². The van der Waals surface area contributed by atoms with Crippen molar-refractivity contribution in [3.63, 3.8) is 0 Å². The normalized spacial score (nSPS) is 10.5. The minimum atomic E-state index is -0.0281. The first-order valence-corrected chi connectivity index (χ1v) is 8.00. The van der Waals surface area contributed by atoms with Gasteiger partial charge in [0, 0.05) is 25.1 Å². The van der Waals surface area contributed by atoms with Gasteiger partial charge in [0.15, 0.2) is 0 Å². The molecule has 1 aromatic carbocycles. The van der Waals surface area contributed by atoms with Crippen LogP contribution in [0.15, 0.2) is 55.0 Å². The number of hydrogen-bond donors (Lipinski definition) is 1. The topological polar surface area (TPSA) is 69.0 Å². The van der Waals surface area contributed by atoms with E-state index in [0.29, 0.717) is 13.0 Å². The summed E-state index contributed by atoms with van der Waals surface area (Å²) in [5, 5.41) is 2.91. The lowest BCUT2D eigenvalue weighted by molar-refractivity contribution is -0.120. The van der Waals surface area contributed by atoms with Gasteiger partial charge >= 0.3 is 0 Å². The Bertz CT molecular complexity index is 839. The third-order valence-electron chi connectivity index (χ3n) is 3.90. The van der Waals surface area contributed by atoms with Crippen LogP contribution in [0.1, 0.15) is 17.0 Å². The van der Waals surface area contributed by atoms with Crippen molar-refractivity contribution in [1.82, 2.24) is 19.9 Å². The van der Waals surface area contributed by atoms with Crippen LogP contribution in [0.5, 0.6) is 5.75 Å². The van der Waals surface area contributed by atoms with Gasteiger partial charge in [-0.05, 0) is 36.2 Å². The van der Waals surface area contributed by atoms with E-state index in [2.05, 4.69) is 15.3 Å². The predicted molar refractivity (Wildman–Crippen MR) is 94.6 cm³/mol. The lowest BCUT2D eigenvalue weighted by atomic mass is 10.1. The van der Waals surface area contributed by atoms with Gasteiger partial charge in [0.1, 0.15) is 17.4 Å². The van der Waals surface area contributed by atoms with Crippen molar-refractivity contribution >= 4 is 5.91 Å². The van der Waals surface area contributed by atoms with E-state index in [1.54, 1.807) is 19.5 Å². The third-order valence-corrected chi connectivity index (χ3v) is 3.90. The number of nitrogens with zero attached hydrogens (tertiary/aromatic N) is 3. The first-order chi connectivity index (χ1) is 12.2. The van der Waals surface area contributed by atoms with Gasteiger partial charge in [-0.2, -0.15) is 0 Å². The number of methoxy groups -OCH3 is 1. The molecule has 2 aromatic heterocycles. The molecular weight excluding hydrogens is 316 g/mol. The Kier molecular flexibility index (Phi) is 5.09. The first-order valence-electron chi connectivity index (χ1n) is 8.00. The molecule has 0 bridgehead atoms. The number of carbonyl (C=O) groups is 1. The zero-order valence-corrected chi connectivity index (χ0v) is 14.3. The minimum Gasteiger partial charge on any atom is -0.497 e. The van der Waals surface area contributed by atoms with Crippen LogP contribution < -0.4 is 10.1 Å². The second-order valence-electron chi connectivity index (χ2n) is 5.67. The number of hydrogen-bond acceptors (Lipinski definition) is 4. The van der Waals surface area contributed by atoms with E-state index in [0.717, 1.165) is 28.5 Å². The fourth-order valence-electron chi connectivity index (χ4n) is 2.48. The molecule has 0 unspecified atom stereocenters. The molecule has 3 rings (SSSR count). The second-order valence-corrected chi connectivity index (χ2v) is 5.67. The van der Waals surface area contributed by atoms with Gasteiger partial charge in [-0.1, -0.05) is 18.2 Å². The van der Waals surface area contributed by atoms with Crippen molar-refractivity contribution in [2.24, 2.45) is 0 Å². The molecule has 0 radical (unpaired) electrons. The van der Waals surface area contributed by atoms with Crippen LogP contribution in [-0.4, -0.2) is 27.6 Å². The number of benzene rings is 1. The zero-order chi connectivity index (χ0) is 17.6. The van der Waals surface area contributed by atoms with Crippen LogP contribution in [-0.2, 0) is 17.8 Å². The van der Waals surface area contributed by atoms with Gasteiger partial charge in [-0.15, -0.1) is 0 Å². The molecule has 0 atom stereocenters. The van der Waals surface area contributed by atoms with Gasteiger partial charge in [-0.3, -0.25) is 9.36 Å². The summed E-state index contributed by atoms with van der Waals surface area (Å²) in [7, 11) is 1.62. The molecule has 0 aliphatic heterocycles. The molecule has 6 heteroatoms. The van der Waals surface area contributed by atoms with Crippen LogP contribution in [0.25, 0.3) is 5.82 Å². The van der Waals surface area contributed by atoms with E-state index >= 15 is 0 Å². The average molecular weight is 336 g/mol. The summed E-state index contributed by atoms with van der Waals surface area (Å²) in [4.78, 5) is 20.7. The lowest BCUT2D eigenvalue weighted by Crippen LogP contribution is -2.24. The highest BCUT2D eigenvalue weighted by Crippen LogP contribution is 2.12. The number of pyridine rings is 1. The van der Waals surface area contributed by atoms with Crippen LogP contribution in [0.3, 0.4) is 0 Å².